The molecule has 1 fully saturated rings. The van der Waals surface area contributed by atoms with Crippen LogP contribution in [0.25, 0.3) is 11.2 Å². The second-order valence-electron chi connectivity index (χ2n) is 3.94. The minimum absolute atomic E-state index is 0.654. The van der Waals surface area contributed by atoms with E-state index in [9.17, 15) is 0 Å². The van der Waals surface area contributed by atoms with Crippen molar-refractivity contribution < 1.29 is 4.74 Å². The van der Waals surface area contributed by atoms with E-state index in [0.29, 0.717) is 5.65 Å². The summed E-state index contributed by atoms with van der Waals surface area (Å²) in [7, 11) is 0. The van der Waals surface area contributed by atoms with Crippen LogP contribution in [0.1, 0.15) is 5.69 Å². The number of nitrogens with zero attached hydrogens (tertiary/aromatic N) is 5. The van der Waals surface area contributed by atoms with E-state index >= 15 is 0 Å². The first kappa shape index (κ1) is 10.3. The molecule has 0 atom stereocenters. The van der Waals surface area contributed by atoms with E-state index in [4.69, 9.17) is 4.74 Å². The van der Waals surface area contributed by atoms with Gasteiger partial charge in [-0.25, -0.2) is 15.0 Å². The van der Waals surface area contributed by atoms with Gasteiger partial charge >= 0.3 is 0 Å². The van der Waals surface area contributed by atoms with Gasteiger partial charge in [0.1, 0.15) is 5.52 Å². The molecule has 3 heterocycles. The molecule has 0 aliphatic carbocycles. The summed E-state index contributed by atoms with van der Waals surface area (Å²) in [4.78, 5) is 19.5. The molecule has 17 heavy (non-hydrogen) atoms. The van der Waals surface area contributed by atoms with Crippen molar-refractivity contribution in [3.63, 3.8) is 0 Å². The van der Waals surface area contributed by atoms with E-state index in [1.54, 1.807) is 12.4 Å². The van der Waals surface area contributed by atoms with Gasteiger partial charge in [-0.1, -0.05) is 0 Å². The minimum atomic E-state index is 0.654. The summed E-state index contributed by atoms with van der Waals surface area (Å²) in [5, 5.41) is 0. The molecular weight excluding hydrogens is 218 g/mol. The van der Waals surface area contributed by atoms with Gasteiger partial charge in [0.2, 0.25) is 5.95 Å². The van der Waals surface area contributed by atoms with Crippen LogP contribution in [-0.4, -0.2) is 46.2 Å². The molecular formula is C11H13N5O. The van der Waals surface area contributed by atoms with Gasteiger partial charge in [0.15, 0.2) is 5.65 Å². The number of aromatic nitrogens is 4. The lowest BCUT2D eigenvalue weighted by Crippen LogP contribution is -2.37. The number of hydrogen-bond acceptors (Lipinski definition) is 6. The molecule has 0 radical (unpaired) electrons. The van der Waals surface area contributed by atoms with Gasteiger partial charge in [0.05, 0.1) is 18.9 Å². The molecule has 0 amide bonds. The molecule has 3 rings (SSSR count). The van der Waals surface area contributed by atoms with Gasteiger partial charge in [0.25, 0.3) is 0 Å². The molecule has 2 aromatic heterocycles. The van der Waals surface area contributed by atoms with E-state index in [0.717, 1.165) is 43.5 Å². The molecule has 0 saturated carbocycles. The van der Waals surface area contributed by atoms with Crippen molar-refractivity contribution in [2.45, 2.75) is 6.92 Å². The predicted molar refractivity (Wildman–Crippen MR) is 62.9 cm³/mol. The van der Waals surface area contributed by atoms with Crippen molar-refractivity contribution in [1.82, 2.24) is 19.9 Å². The fraction of sp³-hybridized carbons (Fsp3) is 0.455. The zero-order valence-electron chi connectivity index (χ0n) is 9.63. The van der Waals surface area contributed by atoms with Crippen molar-refractivity contribution in [3.05, 3.63) is 18.1 Å². The first-order valence-corrected chi connectivity index (χ1v) is 5.62. The predicted octanol–water partition coefficient (Wildman–Crippen LogP) is 0.565. The van der Waals surface area contributed by atoms with Crippen molar-refractivity contribution in [2.24, 2.45) is 0 Å². The highest BCUT2D eigenvalue weighted by molar-refractivity contribution is 5.73. The van der Waals surface area contributed by atoms with Crippen molar-refractivity contribution in [2.75, 3.05) is 31.2 Å². The molecule has 6 heteroatoms. The van der Waals surface area contributed by atoms with Gasteiger partial charge in [-0.05, 0) is 6.92 Å². The maximum Gasteiger partial charge on any atom is 0.227 e. The van der Waals surface area contributed by atoms with Crippen LogP contribution < -0.4 is 4.90 Å². The fourth-order valence-corrected chi connectivity index (χ4v) is 1.90. The van der Waals surface area contributed by atoms with Crippen LogP contribution in [0.5, 0.6) is 0 Å². The van der Waals surface area contributed by atoms with Gasteiger partial charge in [0, 0.05) is 25.5 Å². The van der Waals surface area contributed by atoms with Crippen LogP contribution in [-0.2, 0) is 4.74 Å². The summed E-state index contributed by atoms with van der Waals surface area (Å²) < 4.78 is 5.31. The molecule has 1 aliphatic rings. The summed E-state index contributed by atoms with van der Waals surface area (Å²) in [6.45, 7) is 5.03. The van der Waals surface area contributed by atoms with Gasteiger partial charge in [-0.2, -0.15) is 4.98 Å². The first-order valence-electron chi connectivity index (χ1n) is 5.62. The summed E-state index contributed by atoms with van der Waals surface area (Å²) in [5.74, 6) is 0.721. The third kappa shape index (κ3) is 1.91. The van der Waals surface area contributed by atoms with Crippen LogP contribution >= 0.6 is 0 Å². The topological polar surface area (TPSA) is 64.0 Å². The molecule has 6 nitrogen and oxygen atoms in total. The molecule has 1 saturated heterocycles. The summed E-state index contributed by atoms with van der Waals surface area (Å²) in [6.07, 6.45) is 3.31. The Morgan fingerprint density at radius 2 is 1.88 bits per heavy atom. The minimum Gasteiger partial charge on any atom is -0.378 e. The first-order chi connectivity index (χ1) is 8.34. The maximum atomic E-state index is 5.31. The number of fused-ring (bicyclic) bond motifs is 1. The molecule has 88 valence electrons. The van der Waals surface area contributed by atoms with Gasteiger partial charge in [-0.15, -0.1) is 0 Å². The molecule has 1 aliphatic heterocycles. The lowest BCUT2D eigenvalue weighted by molar-refractivity contribution is 0.122. The Morgan fingerprint density at radius 1 is 1.12 bits per heavy atom. The van der Waals surface area contributed by atoms with Crippen molar-refractivity contribution in [3.8, 4) is 0 Å². The number of aryl methyl sites for hydroxylation is 1. The van der Waals surface area contributed by atoms with E-state index in [2.05, 4.69) is 24.8 Å². The third-order valence-corrected chi connectivity index (χ3v) is 2.79. The Morgan fingerprint density at radius 3 is 2.71 bits per heavy atom. The van der Waals surface area contributed by atoms with E-state index in [1.807, 2.05) is 6.92 Å². The second-order valence-corrected chi connectivity index (χ2v) is 3.94. The number of ether oxygens (including phenoxy) is 1. The van der Waals surface area contributed by atoms with Crippen molar-refractivity contribution >= 4 is 17.1 Å². The average molecular weight is 231 g/mol. The highest BCUT2D eigenvalue weighted by atomic mass is 16.5. The SMILES string of the molecule is Cc1nc(N2CCOCC2)nc2nccnc12. The van der Waals surface area contributed by atoms with Gasteiger partial charge < -0.3 is 9.64 Å². The molecule has 0 N–H and O–H groups in total. The summed E-state index contributed by atoms with van der Waals surface area (Å²) in [6, 6.07) is 0. The van der Waals surface area contributed by atoms with Crippen molar-refractivity contribution in [1.29, 1.82) is 0 Å². The average Bonchev–Trinajstić information content (AvgIpc) is 2.40. The highest BCUT2D eigenvalue weighted by Gasteiger charge is 2.15. The Bertz CT molecular complexity index is 538. The Hall–Kier alpha value is -1.82. The quantitative estimate of drug-likeness (QED) is 0.714. The van der Waals surface area contributed by atoms with E-state index < -0.39 is 0 Å². The highest BCUT2D eigenvalue weighted by Crippen LogP contribution is 2.15. The van der Waals surface area contributed by atoms with Crippen LogP contribution in [0.15, 0.2) is 12.4 Å². The van der Waals surface area contributed by atoms with Crippen LogP contribution in [0.4, 0.5) is 5.95 Å². The fourth-order valence-electron chi connectivity index (χ4n) is 1.90. The largest absolute Gasteiger partial charge is 0.378 e. The number of rotatable bonds is 1. The Kier molecular flexibility index (Phi) is 2.56. The maximum absolute atomic E-state index is 5.31. The Balaban J connectivity index is 2.05. The zero-order chi connectivity index (χ0) is 11.7. The summed E-state index contributed by atoms with van der Waals surface area (Å²) >= 11 is 0. The third-order valence-electron chi connectivity index (χ3n) is 2.79. The summed E-state index contributed by atoms with van der Waals surface area (Å²) in [5.41, 5.74) is 2.29. The van der Waals surface area contributed by atoms with Crippen LogP contribution in [0, 0.1) is 6.92 Å². The molecule has 0 aromatic carbocycles. The van der Waals surface area contributed by atoms with Gasteiger partial charge in [-0.3, -0.25) is 0 Å². The molecule has 0 bridgehead atoms. The lowest BCUT2D eigenvalue weighted by atomic mass is 10.3. The van der Waals surface area contributed by atoms with E-state index in [-0.39, 0.29) is 0 Å². The molecule has 0 unspecified atom stereocenters. The Labute approximate surface area is 98.7 Å². The lowest BCUT2D eigenvalue weighted by Gasteiger charge is -2.26. The smallest absolute Gasteiger partial charge is 0.227 e. The standard InChI is InChI=1S/C11H13N5O/c1-8-9-10(13-3-2-12-9)15-11(14-8)16-4-6-17-7-5-16/h2-3H,4-7H2,1H3. The second kappa shape index (κ2) is 4.21. The monoisotopic (exact) mass is 231 g/mol. The normalized spacial score (nSPS) is 16.4. The van der Waals surface area contributed by atoms with Crippen LogP contribution in [0.3, 0.4) is 0 Å². The zero-order valence-corrected chi connectivity index (χ0v) is 9.63. The number of morpholine rings is 1. The van der Waals surface area contributed by atoms with Crippen LogP contribution in [0.2, 0.25) is 0 Å². The molecule has 0 spiro atoms. The number of anilines is 1. The number of hydrogen-bond donors (Lipinski definition) is 0. The van der Waals surface area contributed by atoms with E-state index in [1.165, 1.54) is 0 Å². The molecule has 2 aromatic rings.